The van der Waals surface area contributed by atoms with Crippen LogP contribution in [0.4, 0.5) is 0 Å². The van der Waals surface area contributed by atoms with Gasteiger partial charge in [0.25, 0.3) is 0 Å². The quantitative estimate of drug-likeness (QED) is 0.751. The van der Waals surface area contributed by atoms with E-state index in [2.05, 4.69) is 9.97 Å². The molecule has 1 aromatic heterocycles. The Labute approximate surface area is 162 Å². The van der Waals surface area contributed by atoms with E-state index >= 15 is 0 Å². The highest BCUT2D eigenvalue weighted by Crippen LogP contribution is 2.32. The molecule has 0 aliphatic carbocycles. The molecule has 0 radical (unpaired) electrons. The lowest BCUT2D eigenvalue weighted by atomic mass is 9.81. The zero-order chi connectivity index (χ0) is 20.0. The first-order valence-corrected chi connectivity index (χ1v) is 9.83. The van der Waals surface area contributed by atoms with Crippen molar-refractivity contribution in [3.05, 3.63) is 18.2 Å². The Morgan fingerprint density at radius 2 is 2.00 bits per heavy atom. The first kappa shape index (κ1) is 21.4. The van der Waals surface area contributed by atoms with Gasteiger partial charge in [-0.3, -0.25) is 9.59 Å². The number of amides is 2. The summed E-state index contributed by atoms with van der Waals surface area (Å²) in [6.07, 6.45) is 7.06. The molecular formula is C20H34N4O3. The summed E-state index contributed by atoms with van der Waals surface area (Å²) in [6.45, 7) is 7.59. The van der Waals surface area contributed by atoms with E-state index in [1.807, 2.05) is 20.8 Å². The Balaban J connectivity index is 1.83. The number of H-pyrrole nitrogens is 1. The molecule has 2 rings (SSSR count). The van der Waals surface area contributed by atoms with Gasteiger partial charge in [-0.05, 0) is 33.1 Å². The molecular weight excluding hydrogens is 344 g/mol. The van der Waals surface area contributed by atoms with Gasteiger partial charge >= 0.3 is 0 Å². The minimum absolute atomic E-state index is 0.0324. The summed E-state index contributed by atoms with van der Waals surface area (Å²) in [7, 11) is 3.60. The molecule has 1 fully saturated rings. The van der Waals surface area contributed by atoms with Gasteiger partial charge in [0.2, 0.25) is 11.8 Å². The highest BCUT2D eigenvalue weighted by molar-refractivity contribution is 5.82. The smallest absolute Gasteiger partial charge is 0.230 e. The van der Waals surface area contributed by atoms with E-state index in [9.17, 15) is 9.59 Å². The molecule has 7 heteroatoms. The first-order valence-electron chi connectivity index (χ1n) is 9.83. The van der Waals surface area contributed by atoms with Crippen LogP contribution in [0.3, 0.4) is 0 Å². The van der Waals surface area contributed by atoms with Gasteiger partial charge in [-0.15, -0.1) is 0 Å². The molecule has 2 heterocycles. The minimum atomic E-state index is -0.550. The van der Waals surface area contributed by atoms with Gasteiger partial charge in [-0.25, -0.2) is 4.98 Å². The number of hydrogen-bond donors (Lipinski definition) is 1. The molecule has 1 aromatic rings. The molecule has 1 aliphatic heterocycles. The van der Waals surface area contributed by atoms with E-state index < -0.39 is 5.41 Å². The number of nitrogens with zero attached hydrogens (tertiary/aromatic N) is 3. The lowest BCUT2D eigenvalue weighted by molar-refractivity contribution is -0.151. The average Bonchev–Trinajstić information content (AvgIpc) is 3.18. The van der Waals surface area contributed by atoms with Crippen molar-refractivity contribution < 1.29 is 14.3 Å². The lowest BCUT2D eigenvalue weighted by Crippen LogP contribution is -2.49. The molecule has 152 valence electrons. The van der Waals surface area contributed by atoms with Crippen LogP contribution in [0.2, 0.25) is 0 Å². The van der Waals surface area contributed by atoms with Crippen LogP contribution in [-0.4, -0.2) is 71.5 Å². The normalized spacial score (nSPS) is 18.8. The first-order chi connectivity index (χ1) is 12.7. The Morgan fingerprint density at radius 1 is 1.30 bits per heavy atom. The van der Waals surface area contributed by atoms with Crippen LogP contribution in [0.25, 0.3) is 0 Å². The fourth-order valence-corrected chi connectivity index (χ4v) is 3.64. The third kappa shape index (κ3) is 5.54. The van der Waals surface area contributed by atoms with E-state index in [0.717, 1.165) is 31.6 Å². The van der Waals surface area contributed by atoms with Crippen molar-refractivity contribution in [1.82, 2.24) is 19.8 Å². The minimum Gasteiger partial charge on any atom is -0.377 e. The van der Waals surface area contributed by atoms with Crippen LogP contribution in [0.15, 0.2) is 12.5 Å². The van der Waals surface area contributed by atoms with Crippen molar-refractivity contribution in [2.45, 2.75) is 52.6 Å². The molecule has 0 aromatic carbocycles. The standard InChI is InChI=1S/C20H34N4O3/c1-15(12-16-13-21-14-22-16)18(25)23(4)9-10-24(5)19(26)20(2,3)17-8-6-7-11-27-17/h13-15,17H,6-12H2,1-5H3,(H,21,22). The van der Waals surface area contributed by atoms with Crippen LogP contribution in [0.5, 0.6) is 0 Å². The summed E-state index contributed by atoms with van der Waals surface area (Å²) in [5.41, 5.74) is 0.400. The molecule has 7 nitrogen and oxygen atoms in total. The average molecular weight is 379 g/mol. The molecule has 0 saturated carbocycles. The Kier molecular flexibility index (Phi) is 7.41. The maximum absolute atomic E-state index is 12.9. The zero-order valence-corrected chi connectivity index (χ0v) is 17.3. The maximum atomic E-state index is 12.9. The highest BCUT2D eigenvalue weighted by atomic mass is 16.5. The number of rotatable bonds is 8. The Hall–Kier alpha value is -1.89. The van der Waals surface area contributed by atoms with Gasteiger partial charge in [0.15, 0.2) is 0 Å². The molecule has 0 spiro atoms. The SMILES string of the molecule is CC(Cc1cnc[nH]1)C(=O)N(C)CCN(C)C(=O)C(C)(C)C1CCCCO1. The number of aromatic nitrogens is 2. The van der Waals surface area contributed by atoms with Gasteiger partial charge in [0, 0.05) is 58.0 Å². The predicted molar refractivity (Wildman–Crippen MR) is 104 cm³/mol. The molecule has 2 unspecified atom stereocenters. The van der Waals surface area contributed by atoms with Gasteiger partial charge in [-0.1, -0.05) is 6.92 Å². The van der Waals surface area contributed by atoms with Crippen LogP contribution >= 0.6 is 0 Å². The van der Waals surface area contributed by atoms with Gasteiger partial charge in [0.05, 0.1) is 17.8 Å². The monoisotopic (exact) mass is 378 g/mol. The summed E-state index contributed by atoms with van der Waals surface area (Å²) in [5, 5.41) is 0. The number of hydrogen-bond acceptors (Lipinski definition) is 4. The topological polar surface area (TPSA) is 78.5 Å². The third-order valence-corrected chi connectivity index (χ3v) is 5.53. The van der Waals surface area contributed by atoms with Crippen molar-refractivity contribution in [2.24, 2.45) is 11.3 Å². The molecule has 2 amide bonds. The largest absolute Gasteiger partial charge is 0.377 e. The van der Waals surface area contributed by atoms with Crippen LogP contribution in [0.1, 0.15) is 45.7 Å². The van der Waals surface area contributed by atoms with E-state index in [0.29, 0.717) is 19.5 Å². The second-order valence-corrected chi connectivity index (χ2v) is 8.25. The number of carbonyl (C=O) groups excluding carboxylic acids is 2. The van der Waals surface area contributed by atoms with E-state index in [1.165, 1.54) is 0 Å². The molecule has 1 N–H and O–H groups in total. The molecule has 27 heavy (non-hydrogen) atoms. The molecule has 0 bridgehead atoms. The van der Waals surface area contributed by atoms with E-state index in [1.54, 1.807) is 36.4 Å². The number of aromatic amines is 1. The van der Waals surface area contributed by atoms with Crippen molar-refractivity contribution in [2.75, 3.05) is 33.8 Å². The molecule has 2 atom stereocenters. The van der Waals surface area contributed by atoms with Crippen molar-refractivity contribution >= 4 is 11.8 Å². The summed E-state index contributed by atoms with van der Waals surface area (Å²) in [6, 6.07) is 0. The number of imidazole rings is 1. The maximum Gasteiger partial charge on any atom is 0.230 e. The van der Waals surface area contributed by atoms with Crippen LogP contribution in [0, 0.1) is 11.3 Å². The predicted octanol–water partition coefficient (Wildman–Crippen LogP) is 2.10. The molecule has 1 saturated heterocycles. The number of carbonyl (C=O) groups is 2. The van der Waals surface area contributed by atoms with Crippen LogP contribution in [-0.2, 0) is 20.7 Å². The van der Waals surface area contributed by atoms with Crippen molar-refractivity contribution in [3.8, 4) is 0 Å². The van der Waals surface area contributed by atoms with Crippen LogP contribution < -0.4 is 0 Å². The zero-order valence-electron chi connectivity index (χ0n) is 17.3. The van der Waals surface area contributed by atoms with Crippen molar-refractivity contribution in [3.63, 3.8) is 0 Å². The second kappa shape index (κ2) is 9.35. The van der Waals surface area contributed by atoms with Crippen molar-refractivity contribution in [1.29, 1.82) is 0 Å². The van der Waals surface area contributed by atoms with Gasteiger partial charge in [0.1, 0.15) is 0 Å². The van der Waals surface area contributed by atoms with Gasteiger partial charge in [-0.2, -0.15) is 0 Å². The second-order valence-electron chi connectivity index (χ2n) is 8.25. The highest BCUT2D eigenvalue weighted by Gasteiger charge is 2.40. The number of likely N-dealkylation sites (N-methyl/N-ethyl adjacent to an activating group) is 2. The summed E-state index contributed by atoms with van der Waals surface area (Å²) >= 11 is 0. The summed E-state index contributed by atoms with van der Waals surface area (Å²) in [4.78, 5) is 35.9. The number of nitrogens with one attached hydrogen (secondary N) is 1. The third-order valence-electron chi connectivity index (χ3n) is 5.53. The Morgan fingerprint density at radius 3 is 2.59 bits per heavy atom. The van der Waals surface area contributed by atoms with Gasteiger partial charge < -0.3 is 19.5 Å². The summed E-state index contributed by atoms with van der Waals surface area (Å²) < 4.78 is 5.84. The van der Waals surface area contributed by atoms with E-state index in [4.69, 9.17) is 4.74 Å². The number of ether oxygens (including phenoxy) is 1. The fourth-order valence-electron chi connectivity index (χ4n) is 3.64. The molecule has 1 aliphatic rings. The fraction of sp³-hybridized carbons (Fsp3) is 0.750. The summed E-state index contributed by atoms with van der Waals surface area (Å²) in [5.74, 6) is 0.00428. The van der Waals surface area contributed by atoms with E-state index in [-0.39, 0.29) is 23.8 Å². The Bertz CT molecular complexity index is 609. The lowest BCUT2D eigenvalue weighted by Gasteiger charge is -2.38.